The summed E-state index contributed by atoms with van der Waals surface area (Å²) in [5.41, 5.74) is 3.39. The van der Waals surface area contributed by atoms with Gasteiger partial charge in [-0.3, -0.25) is 4.55 Å². The Morgan fingerprint density at radius 1 is 1.60 bits per heavy atom. The van der Waals surface area contributed by atoms with E-state index in [1.165, 1.54) is 5.56 Å². The number of halogens is 1. The summed E-state index contributed by atoms with van der Waals surface area (Å²) in [6, 6.07) is 3.80. The van der Waals surface area contributed by atoms with Gasteiger partial charge in [-0.2, -0.15) is 0 Å². The Morgan fingerprint density at radius 3 is 3.00 bits per heavy atom. The fraction of sp³-hybridized carbons (Fsp3) is 0.400. The van der Waals surface area contributed by atoms with Crippen molar-refractivity contribution in [2.45, 2.75) is 25.8 Å². The van der Waals surface area contributed by atoms with Gasteiger partial charge in [-0.25, -0.2) is 8.93 Å². The predicted molar refractivity (Wildman–Crippen MR) is 61.2 cm³/mol. The van der Waals surface area contributed by atoms with Crippen LogP contribution in [-0.4, -0.2) is 8.76 Å². The number of aryl methyl sites for hydroxylation is 2. The molecule has 0 radical (unpaired) electrons. The summed E-state index contributed by atoms with van der Waals surface area (Å²) in [5, 5.41) is 0.733. The lowest BCUT2D eigenvalue weighted by Gasteiger charge is -2.13. The second-order valence-corrected chi connectivity index (χ2v) is 4.92. The van der Waals surface area contributed by atoms with E-state index in [1.807, 2.05) is 19.1 Å². The van der Waals surface area contributed by atoms with Crippen molar-refractivity contribution in [2.75, 3.05) is 0 Å². The van der Waals surface area contributed by atoms with E-state index < -0.39 is 11.3 Å². The van der Waals surface area contributed by atoms with Gasteiger partial charge in [0.2, 0.25) is 11.3 Å². The Kier molecular flexibility index (Phi) is 3.11. The van der Waals surface area contributed by atoms with E-state index >= 15 is 0 Å². The number of fused-ring (bicyclic) bond motifs is 1. The molecule has 2 atom stereocenters. The van der Waals surface area contributed by atoms with Crippen LogP contribution >= 0.6 is 11.6 Å². The molecule has 3 nitrogen and oxygen atoms in total. The Hall–Kier alpha value is -0.420. The number of hydrogen-bond donors (Lipinski definition) is 2. The van der Waals surface area contributed by atoms with Crippen LogP contribution in [0.4, 0.5) is 0 Å². The third-order valence-corrected chi connectivity index (χ3v) is 3.44. The van der Waals surface area contributed by atoms with Crippen LogP contribution < -0.4 is 4.72 Å². The van der Waals surface area contributed by atoms with Gasteiger partial charge in [0, 0.05) is 11.1 Å². The number of benzene rings is 1. The molecule has 0 bridgehead atoms. The Morgan fingerprint density at radius 2 is 2.33 bits per heavy atom. The van der Waals surface area contributed by atoms with E-state index in [-0.39, 0.29) is 6.04 Å². The lowest BCUT2D eigenvalue weighted by Crippen LogP contribution is -2.21. The molecule has 0 aliphatic heterocycles. The van der Waals surface area contributed by atoms with Crippen LogP contribution in [0.1, 0.15) is 29.2 Å². The van der Waals surface area contributed by atoms with E-state index in [0.717, 1.165) is 29.0 Å². The third kappa shape index (κ3) is 2.23. The molecule has 0 fully saturated rings. The SMILES string of the molecule is Cc1cc(Cl)cc2c1C(NS(=O)O)CC2. The third-order valence-electron chi connectivity index (χ3n) is 2.73. The van der Waals surface area contributed by atoms with E-state index in [1.54, 1.807) is 0 Å². The molecular weight excluding hydrogens is 234 g/mol. The van der Waals surface area contributed by atoms with Crippen LogP contribution in [0.2, 0.25) is 5.02 Å². The summed E-state index contributed by atoms with van der Waals surface area (Å²) in [7, 11) is 0. The maximum Gasteiger partial charge on any atom is 0.232 e. The maximum atomic E-state index is 10.7. The van der Waals surface area contributed by atoms with Gasteiger partial charge in [0.25, 0.3) is 0 Å². The van der Waals surface area contributed by atoms with E-state index in [0.29, 0.717) is 0 Å². The van der Waals surface area contributed by atoms with Crippen LogP contribution in [0.15, 0.2) is 12.1 Å². The fourth-order valence-electron chi connectivity index (χ4n) is 2.21. The first-order chi connectivity index (χ1) is 7.08. The molecule has 15 heavy (non-hydrogen) atoms. The highest BCUT2D eigenvalue weighted by atomic mass is 35.5. The molecule has 1 aliphatic rings. The second kappa shape index (κ2) is 4.22. The molecule has 5 heteroatoms. The molecule has 2 N–H and O–H groups in total. The molecule has 0 heterocycles. The van der Waals surface area contributed by atoms with Crippen molar-refractivity contribution in [2.24, 2.45) is 0 Å². The summed E-state index contributed by atoms with van der Waals surface area (Å²) < 4.78 is 22.2. The Balaban J connectivity index is 2.37. The van der Waals surface area contributed by atoms with E-state index in [2.05, 4.69) is 4.72 Å². The normalized spacial score (nSPS) is 21.4. The van der Waals surface area contributed by atoms with Crippen molar-refractivity contribution in [1.29, 1.82) is 0 Å². The molecule has 0 spiro atoms. The van der Waals surface area contributed by atoms with Gasteiger partial charge in [-0.1, -0.05) is 11.6 Å². The van der Waals surface area contributed by atoms with Crippen molar-refractivity contribution in [3.8, 4) is 0 Å². The summed E-state index contributed by atoms with van der Waals surface area (Å²) in [6.45, 7) is 1.98. The summed E-state index contributed by atoms with van der Waals surface area (Å²) in [4.78, 5) is 0. The van der Waals surface area contributed by atoms with Gasteiger partial charge >= 0.3 is 0 Å². The summed E-state index contributed by atoms with van der Waals surface area (Å²) in [5.74, 6) is 0. The van der Waals surface area contributed by atoms with Crippen LogP contribution in [0.5, 0.6) is 0 Å². The Bertz CT molecular complexity index is 422. The van der Waals surface area contributed by atoms with E-state index in [4.69, 9.17) is 16.2 Å². The quantitative estimate of drug-likeness (QED) is 0.786. The standard InChI is InChI=1S/C10H12ClNO2S/c1-6-4-8(11)5-7-2-3-9(10(6)7)12-15(13)14/h4-5,9,12H,2-3H2,1H3,(H,13,14). The summed E-state index contributed by atoms with van der Waals surface area (Å²) in [6.07, 6.45) is 1.76. The molecule has 1 aromatic carbocycles. The van der Waals surface area contributed by atoms with Gasteiger partial charge in [0.15, 0.2) is 0 Å². The summed E-state index contributed by atoms with van der Waals surface area (Å²) >= 11 is 3.99. The van der Waals surface area contributed by atoms with Crippen LogP contribution in [0, 0.1) is 6.92 Å². The van der Waals surface area contributed by atoms with Crippen LogP contribution in [0.3, 0.4) is 0 Å². The molecule has 0 saturated carbocycles. The van der Waals surface area contributed by atoms with Gasteiger partial charge in [0.1, 0.15) is 0 Å². The molecule has 2 rings (SSSR count). The zero-order chi connectivity index (χ0) is 11.0. The predicted octanol–water partition coefficient (Wildman–Crippen LogP) is 2.36. The zero-order valence-corrected chi connectivity index (χ0v) is 9.86. The Labute approximate surface area is 96.3 Å². The van der Waals surface area contributed by atoms with E-state index in [9.17, 15) is 4.21 Å². The lowest BCUT2D eigenvalue weighted by atomic mass is 10.0. The first-order valence-corrected chi connectivity index (χ1v) is 6.22. The smallest absolute Gasteiger partial charge is 0.232 e. The molecule has 82 valence electrons. The molecule has 2 unspecified atom stereocenters. The van der Waals surface area contributed by atoms with Crippen molar-refractivity contribution >= 4 is 22.9 Å². The topological polar surface area (TPSA) is 49.3 Å². The van der Waals surface area contributed by atoms with Crippen molar-refractivity contribution in [3.05, 3.63) is 33.8 Å². The minimum absolute atomic E-state index is 0.0249. The highest BCUT2D eigenvalue weighted by Crippen LogP contribution is 2.35. The lowest BCUT2D eigenvalue weighted by molar-refractivity contribution is 0.525. The van der Waals surface area contributed by atoms with Crippen molar-refractivity contribution < 1.29 is 8.76 Å². The average Bonchev–Trinajstić information content (AvgIpc) is 2.46. The monoisotopic (exact) mass is 245 g/mol. The molecule has 0 aromatic heterocycles. The molecule has 0 saturated heterocycles. The number of nitrogens with one attached hydrogen (secondary N) is 1. The largest absolute Gasteiger partial charge is 0.294 e. The van der Waals surface area contributed by atoms with Crippen molar-refractivity contribution in [1.82, 2.24) is 4.72 Å². The molecule has 0 amide bonds. The second-order valence-electron chi connectivity index (χ2n) is 3.75. The first kappa shape index (κ1) is 11.1. The maximum absolute atomic E-state index is 10.7. The van der Waals surface area contributed by atoms with Gasteiger partial charge < -0.3 is 0 Å². The molecular formula is C10H12ClNO2S. The highest BCUT2D eigenvalue weighted by Gasteiger charge is 2.25. The minimum atomic E-state index is -1.96. The molecule has 1 aromatic rings. The van der Waals surface area contributed by atoms with Gasteiger partial charge in [0.05, 0.1) is 0 Å². The van der Waals surface area contributed by atoms with Gasteiger partial charge in [-0.05, 0) is 48.6 Å². The van der Waals surface area contributed by atoms with Crippen molar-refractivity contribution in [3.63, 3.8) is 0 Å². The average molecular weight is 246 g/mol. The zero-order valence-electron chi connectivity index (χ0n) is 8.29. The number of hydrogen-bond acceptors (Lipinski definition) is 1. The fourth-order valence-corrected chi connectivity index (χ4v) is 2.99. The molecule has 1 aliphatic carbocycles. The minimum Gasteiger partial charge on any atom is -0.294 e. The highest BCUT2D eigenvalue weighted by molar-refractivity contribution is 7.77. The first-order valence-electron chi connectivity index (χ1n) is 4.74. The van der Waals surface area contributed by atoms with Gasteiger partial charge in [-0.15, -0.1) is 0 Å². The number of rotatable bonds is 2. The van der Waals surface area contributed by atoms with Crippen LogP contribution in [-0.2, 0) is 17.7 Å². The van der Waals surface area contributed by atoms with Crippen LogP contribution in [0.25, 0.3) is 0 Å².